The van der Waals surface area contributed by atoms with E-state index in [-0.39, 0.29) is 11.8 Å². The number of benzene rings is 2. The third-order valence-electron chi connectivity index (χ3n) is 4.02. The summed E-state index contributed by atoms with van der Waals surface area (Å²) >= 11 is 0. The topological polar surface area (TPSA) is 68.0 Å². The van der Waals surface area contributed by atoms with E-state index in [1.807, 2.05) is 36.4 Å². The first-order valence-corrected chi connectivity index (χ1v) is 8.38. The van der Waals surface area contributed by atoms with Crippen LogP contribution < -0.4 is 5.32 Å². The molecule has 5 heteroatoms. The van der Waals surface area contributed by atoms with Crippen LogP contribution in [-0.4, -0.2) is 22.6 Å². The minimum Gasteiger partial charge on any atom is -0.426 e. The van der Waals surface area contributed by atoms with Gasteiger partial charge >= 0.3 is 0 Å². The number of carbonyl (C=O) groups excluding carboxylic acids is 1. The van der Waals surface area contributed by atoms with Crippen LogP contribution in [0.1, 0.15) is 35.2 Å². The van der Waals surface area contributed by atoms with Gasteiger partial charge in [0.25, 0.3) is 0 Å². The summed E-state index contributed by atoms with van der Waals surface area (Å²) in [5.41, 5.74) is 2.27. The average Bonchev–Trinajstić information content (AvgIpc) is 3.06. The maximum absolute atomic E-state index is 12.4. The first-order valence-electron chi connectivity index (χ1n) is 8.38. The van der Waals surface area contributed by atoms with Crippen LogP contribution >= 0.6 is 0 Å². The summed E-state index contributed by atoms with van der Waals surface area (Å²) in [4.78, 5) is 12.4. The van der Waals surface area contributed by atoms with Crippen LogP contribution in [0.2, 0.25) is 0 Å². The van der Waals surface area contributed by atoms with Gasteiger partial charge in [-0.15, -0.1) is 10.2 Å². The second-order valence-corrected chi connectivity index (χ2v) is 5.89. The molecular formula is C20H21N3O2. The molecule has 25 heavy (non-hydrogen) atoms. The molecule has 1 aromatic heterocycles. The van der Waals surface area contributed by atoms with Crippen molar-refractivity contribution in [2.45, 2.75) is 25.7 Å². The molecule has 0 aliphatic carbocycles. The number of hydrogen-bond acceptors (Lipinski definition) is 4. The number of aromatic nitrogens is 2. The molecule has 1 heterocycles. The summed E-state index contributed by atoms with van der Waals surface area (Å²) in [5, 5.41) is 10.7. The van der Waals surface area contributed by atoms with Crippen LogP contribution in [0.15, 0.2) is 65.1 Å². The zero-order valence-corrected chi connectivity index (χ0v) is 14.2. The largest absolute Gasteiger partial charge is 0.426 e. The monoisotopic (exact) mass is 335 g/mol. The first-order chi connectivity index (χ1) is 12.2. The molecule has 0 saturated carbocycles. The van der Waals surface area contributed by atoms with E-state index in [0.29, 0.717) is 31.2 Å². The summed E-state index contributed by atoms with van der Waals surface area (Å²) in [6, 6.07) is 20.2. The second kappa shape index (κ2) is 8.24. The van der Waals surface area contributed by atoms with Crippen molar-refractivity contribution in [1.82, 2.24) is 15.5 Å². The Hall–Kier alpha value is -2.95. The fourth-order valence-corrected chi connectivity index (χ4v) is 2.80. The van der Waals surface area contributed by atoms with E-state index < -0.39 is 0 Å². The van der Waals surface area contributed by atoms with Gasteiger partial charge in [-0.05, 0) is 11.1 Å². The van der Waals surface area contributed by atoms with Gasteiger partial charge in [-0.1, -0.05) is 60.7 Å². The van der Waals surface area contributed by atoms with Crippen molar-refractivity contribution >= 4 is 5.91 Å². The lowest BCUT2D eigenvalue weighted by Gasteiger charge is -2.17. The molecule has 128 valence electrons. The zero-order valence-electron chi connectivity index (χ0n) is 14.2. The van der Waals surface area contributed by atoms with Crippen molar-refractivity contribution in [1.29, 1.82) is 0 Å². The lowest BCUT2D eigenvalue weighted by molar-refractivity contribution is -0.121. The molecular weight excluding hydrogens is 314 g/mol. The Bertz CT molecular complexity index is 761. The molecule has 0 fully saturated rings. The quantitative estimate of drug-likeness (QED) is 0.719. The van der Waals surface area contributed by atoms with Crippen LogP contribution in [0.25, 0.3) is 0 Å². The molecule has 0 bridgehead atoms. The molecule has 0 radical (unpaired) electrons. The second-order valence-electron chi connectivity index (χ2n) is 5.89. The molecule has 0 atom stereocenters. The lowest BCUT2D eigenvalue weighted by Crippen LogP contribution is -2.27. The Morgan fingerprint density at radius 3 is 2.12 bits per heavy atom. The molecule has 1 N–H and O–H groups in total. The third kappa shape index (κ3) is 4.76. The van der Waals surface area contributed by atoms with Crippen molar-refractivity contribution in [3.63, 3.8) is 0 Å². The van der Waals surface area contributed by atoms with Crippen molar-refractivity contribution in [2.75, 3.05) is 6.54 Å². The molecule has 0 aliphatic heterocycles. The Morgan fingerprint density at radius 1 is 1.00 bits per heavy atom. The minimum atomic E-state index is 0.00828. The number of hydrogen-bond donors (Lipinski definition) is 1. The number of nitrogens with one attached hydrogen (secondary N) is 1. The fourth-order valence-electron chi connectivity index (χ4n) is 2.80. The summed E-state index contributed by atoms with van der Waals surface area (Å²) in [5.74, 6) is 1.12. The molecule has 0 aliphatic rings. The number of aryl methyl sites for hydroxylation is 1. The van der Waals surface area contributed by atoms with E-state index in [1.165, 1.54) is 0 Å². The van der Waals surface area contributed by atoms with Crippen molar-refractivity contribution < 1.29 is 9.21 Å². The van der Waals surface area contributed by atoms with Gasteiger partial charge in [0, 0.05) is 32.2 Å². The number of rotatable bonds is 7. The minimum absolute atomic E-state index is 0.00828. The van der Waals surface area contributed by atoms with Crippen LogP contribution in [0, 0.1) is 6.92 Å². The molecule has 3 aromatic rings. The van der Waals surface area contributed by atoms with E-state index in [0.717, 1.165) is 11.1 Å². The first kappa shape index (κ1) is 16.9. The van der Waals surface area contributed by atoms with Gasteiger partial charge in [0.2, 0.25) is 17.7 Å². The normalized spacial score (nSPS) is 10.8. The molecule has 3 rings (SSSR count). The highest BCUT2D eigenvalue weighted by molar-refractivity contribution is 5.77. The summed E-state index contributed by atoms with van der Waals surface area (Å²) in [6.07, 6.45) is 0.935. The highest BCUT2D eigenvalue weighted by Gasteiger charge is 2.18. The van der Waals surface area contributed by atoms with E-state index in [1.54, 1.807) is 6.92 Å². The molecule has 2 aromatic carbocycles. The lowest BCUT2D eigenvalue weighted by atomic mass is 9.88. The van der Waals surface area contributed by atoms with E-state index >= 15 is 0 Å². The van der Waals surface area contributed by atoms with Gasteiger partial charge in [-0.25, -0.2) is 0 Å². The van der Waals surface area contributed by atoms with Crippen LogP contribution in [0.5, 0.6) is 0 Å². The van der Waals surface area contributed by atoms with Crippen molar-refractivity contribution in [2.24, 2.45) is 0 Å². The number of nitrogens with zero attached hydrogens (tertiary/aromatic N) is 2. The van der Waals surface area contributed by atoms with Gasteiger partial charge in [-0.2, -0.15) is 0 Å². The Labute approximate surface area is 147 Å². The maximum Gasteiger partial charge on any atom is 0.220 e. The van der Waals surface area contributed by atoms with Gasteiger partial charge < -0.3 is 9.73 Å². The van der Waals surface area contributed by atoms with E-state index in [4.69, 9.17) is 4.42 Å². The van der Waals surface area contributed by atoms with E-state index in [9.17, 15) is 4.79 Å². The Morgan fingerprint density at radius 2 is 1.60 bits per heavy atom. The summed E-state index contributed by atoms with van der Waals surface area (Å²) in [6.45, 7) is 2.23. The summed E-state index contributed by atoms with van der Waals surface area (Å²) < 4.78 is 5.31. The fraction of sp³-hybridized carbons (Fsp3) is 0.250. The van der Waals surface area contributed by atoms with Gasteiger partial charge in [0.15, 0.2) is 0 Å². The SMILES string of the molecule is Cc1nnc(CCNC(=O)CC(c2ccccc2)c2ccccc2)o1. The predicted molar refractivity (Wildman–Crippen MR) is 95.1 cm³/mol. The molecule has 1 amide bonds. The Balaban J connectivity index is 1.62. The third-order valence-corrected chi connectivity index (χ3v) is 4.02. The van der Waals surface area contributed by atoms with Gasteiger partial charge in [0.1, 0.15) is 0 Å². The maximum atomic E-state index is 12.4. The highest BCUT2D eigenvalue weighted by atomic mass is 16.4. The standard InChI is InChI=1S/C20H21N3O2/c1-15-22-23-20(25-15)12-13-21-19(24)14-18(16-8-4-2-5-9-16)17-10-6-3-7-11-17/h2-11,18H,12-14H2,1H3,(H,21,24). The smallest absolute Gasteiger partial charge is 0.220 e. The van der Waals surface area contributed by atoms with Crippen LogP contribution in [0.3, 0.4) is 0 Å². The molecule has 0 saturated heterocycles. The van der Waals surface area contributed by atoms with Gasteiger partial charge in [-0.3, -0.25) is 4.79 Å². The Kier molecular flexibility index (Phi) is 5.57. The van der Waals surface area contributed by atoms with E-state index in [2.05, 4.69) is 39.8 Å². The number of carbonyl (C=O) groups is 1. The highest BCUT2D eigenvalue weighted by Crippen LogP contribution is 2.27. The average molecular weight is 335 g/mol. The summed E-state index contributed by atoms with van der Waals surface area (Å²) in [7, 11) is 0. The molecule has 0 spiro atoms. The van der Waals surface area contributed by atoms with Gasteiger partial charge in [0.05, 0.1) is 0 Å². The molecule has 5 nitrogen and oxygen atoms in total. The molecule has 0 unspecified atom stereocenters. The predicted octanol–water partition coefficient (Wildman–Crippen LogP) is 3.26. The van der Waals surface area contributed by atoms with Crippen molar-refractivity contribution in [3.8, 4) is 0 Å². The number of amides is 1. The van der Waals surface area contributed by atoms with Crippen LogP contribution in [0.4, 0.5) is 0 Å². The van der Waals surface area contributed by atoms with Crippen LogP contribution in [-0.2, 0) is 11.2 Å². The zero-order chi connectivity index (χ0) is 17.5. The van der Waals surface area contributed by atoms with Crippen molar-refractivity contribution in [3.05, 3.63) is 83.6 Å².